The van der Waals surface area contributed by atoms with E-state index in [1.54, 1.807) is 12.1 Å². The second-order valence-corrected chi connectivity index (χ2v) is 4.14. The molecule has 0 nitrogen and oxygen atoms in total. The number of hydrogen-bond donors (Lipinski definition) is 0. The van der Waals surface area contributed by atoms with Gasteiger partial charge in [0.2, 0.25) is 0 Å². The number of alkyl halides is 2. The molecule has 0 fully saturated rings. The fraction of sp³-hybridized carbons (Fsp3) is 0.143. The smallest absolute Gasteiger partial charge is 0.198 e. The van der Waals surface area contributed by atoms with Crippen LogP contribution in [0.2, 0.25) is 0 Å². The fourth-order valence-electron chi connectivity index (χ4n) is 0.616. The first-order valence-electron chi connectivity index (χ1n) is 2.89. The van der Waals surface area contributed by atoms with Crippen molar-refractivity contribution in [1.82, 2.24) is 0 Å². The Bertz CT molecular complexity index is 222. The first-order valence-corrected chi connectivity index (χ1v) is 4.85. The first kappa shape index (κ1) is 9.25. The third-order valence-corrected chi connectivity index (χ3v) is 2.48. The van der Waals surface area contributed by atoms with E-state index >= 15 is 0 Å². The molecule has 11 heavy (non-hydrogen) atoms. The van der Waals surface area contributed by atoms with E-state index in [0.717, 1.165) is 3.57 Å². The van der Waals surface area contributed by atoms with Gasteiger partial charge in [-0.1, -0.05) is 11.8 Å². The van der Waals surface area contributed by atoms with Crippen LogP contribution in [0.5, 0.6) is 0 Å². The van der Waals surface area contributed by atoms with Crippen LogP contribution in [-0.2, 0) is 0 Å². The molecule has 60 valence electrons. The van der Waals surface area contributed by atoms with Crippen LogP contribution in [0.3, 0.4) is 0 Å². The van der Waals surface area contributed by atoms with E-state index in [2.05, 4.69) is 22.6 Å². The van der Waals surface area contributed by atoms with Crippen LogP contribution in [0.1, 0.15) is 0 Å². The Kier molecular flexibility index (Phi) is 3.58. The molecule has 0 aliphatic carbocycles. The van der Waals surface area contributed by atoms with Crippen LogP contribution in [0.15, 0.2) is 29.2 Å². The number of benzene rings is 1. The van der Waals surface area contributed by atoms with Crippen LogP contribution in [0.4, 0.5) is 8.78 Å². The van der Waals surface area contributed by atoms with Crippen molar-refractivity contribution in [2.75, 3.05) is 0 Å². The zero-order valence-corrected chi connectivity index (χ0v) is 8.40. The molecule has 0 aliphatic heterocycles. The fourth-order valence-corrected chi connectivity index (χ4v) is 1.47. The zero-order chi connectivity index (χ0) is 8.27. The van der Waals surface area contributed by atoms with Crippen LogP contribution in [0.25, 0.3) is 0 Å². The summed E-state index contributed by atoms with van der Waals surface area (Å²) in [5.41, 5.74) is 0. The summed E-state index contributed by atoms with van der Waals surface area (Å²) in [4.78, 5) is 0.611. The van der Waals surface area contributed by atoms with Gasteiger partial charge in [0.1, 0.15) is 0 Å². The third kappa shape index (κ3) is 3.37. The van der Waals surface area contributed by atoms with Crippen LogP contribution in [0, 0.1) is 3.57 Å². The van der Waals surface area contributed by atoms with Gasteiger partial charge in [0, 0.05) is 8.47 Å². The van der Waals surface area contributed by atoms with Gasteiger partial charge in [-0.2, -0.15) is 8.78 Å². The molecule has 0 unspecified atom stereocenters. The second-order valence-electron chi connectivity index (χ2n) is 1.83. The Hall–Kier alpha value is 0.160. The predicted octanol–water partition coefficient (Wildman–Crippen LogP) is 3.61. The van der Waals surface area contributed by atoms with Gasteiger partial charge in [0.15, 0.2) is 0 Å². The molecule has 0 saturated heterocycles. The van der Waals surface area contributed by atoms with Crippen molar-refractivity contribution in [2.24, 2.45) is 0 Å². The molecule has 0 saturated carbocycles. The molecule has 1 aromatic carbocycles. The summed E-state index contributed by atoms with van der Waals surface area (Å²) in [6, 6.07) is 7.01. The summed E-state index contributed by atoms with van der Waals surface area (Å²) < 4.78 is 24.6. The van der Waals surface area contributed by atoms with Crippen molar-refractivity contribution < 1.29 is 8.78 Å². The number of halogens is 3. The minimum atomic E-state index is -2.32. The van der Waals surface area contributed by atoms with Crippen molar-refractivity contribution in [3.8, 4) is 0 Å². The number of hydrogen-bond acceptors (Lipinski definition) is 1. The largest absolute Gasteiger partial charge is 0.288 e. The van der Waals surface area contributed by atoms with E-state index < -0.39 is 5.76 Å². The highest BCUT2D eigenvalue weighted by molar-refractivity contribution is 14.1. The zero-order valence-electron chi connectivity index (χ0n) is 5.43. The van der Waals surface area contributed by atoms with E-state index in [0.29, 0.717) is 16.7 Å². The summed E-state index contributed by atoms with van der Waals surface area (Å²) in [5, 5.41) is 0. The van der Waals surface area contributed by atoms with Gasteiger partial charge in [-0.3, -0.25) is 0 Å². The normalized spacial score (nSPS) is 10.5. The predicted molar refractivity (Wildman–Crippen MR) is 51.0 cm³/mol. The summed E-state index contributed by atoms with van der Waals surface area (Å²) >= 11 is 2.70. The van der Waals surface area contributed by atoms with Gasteiger partial charge >= 0.3 is 0 Å². The first-order chi connectivity index (χ1) is 5.18. The highest BCUT2D eigenvalue weighted by Gasteiger charge is 2.03. The minimum absolute atomic E-state index is 0.570. The molecule has 4 heteroatoms. The van der Waals surface area contributed by atoms with Gasteiger partial charge in [0.25, 0.3) is 5.76 Å². The van der Waals surface area contributed by atoms with Crippen molar-refractivity contribution >= 4 is 34.4 Å². The maximum atomic E-state index is 11.8. The van der Waals surface area contributed by atoms with Gasteiger partial charge in [0.05, 0.1) is 0 Å². The monoisotopic (exact) mass is 286 g/mol. The SMILES string of the molecule is FC(F)Sc1ccc(I)cc1. The Morgan fingerprint density at radius 1 is 1.18 bits per heavy atom. The van der Waals surface area contributed by atoms with Crippen molar-refractivity contribution in [1.29, 1.82) is 0 Å². The number of thioether (sulfide) groups is 1. The van der Waals surface area contributed by atoms with E-state index in [1.807, 2.05) is 12.1 Å². The summed E-state index contributed by atoms with van der Waals surface area (Å²) in [7, 11) is 0. The average molecular weight is 286 g/mol. The maximum absolute atomic E-state index is 11.8. The Morgan fingerprint density at radius 3 is 2.18 bits per heavy atom. The maximum Gasteiger partial charge on any atom is 0.288 e. The summed E-state index contributed by atoms with van der Waals surface area (Å²) in [6.07, 6.45) is 0. The Morgan fingerprint density at radius 2 is 1.73 bits per heavy atom. The van der Waals surface area contributed by atoms with Crippen molar-refractivity contribution in [3.63, 3.8) is 0 Å². The lowest BCUT2D eigenvalue weighted by molar-refractivity contribution is 0.252. The third-order valence-electron chi connectivity index (χ3n) is 1.04. The van der Waals surface area contributed by atoms with Crippen molar-refractivity contribution in [2.45, 2.75) is 10.7 Å². The standard InChI is InChI=1S/C7H5F2IS/c8-7(9)11-6-3-1-5(10)2-4-6/h1-4,7H. The van der Waals surface area contributed by atoms with E-state index in [-0.39, 0.29) is 0 Å². The molecule has 0 aromatic heterocycles. The molecular formula is C7H5F2IS. The molecule has 0 radical (unpaired) electrons. The Balaban J connectivity index is 2.66. The topological polar surface area (TPSA) is 0 Å². The molecule has 0 amide bonds. The van der Waals surface area contributed by atoms with Crippen LogP contribution >= 0.6 is 34.4 Å². The molecule has 0 spiro atoms. The highest BCUT2D eigenvalue weighted by Crippen LogP contribution is 2.25. The molecule has 0 N–H and O–H groups in total. The van der Waals surface area contributed by atoms with Gasteiger partial charge in [-0.15, -0.1) is 0 Å². The minimum Gasteiger partial charge on any atom is -0.198 e. The molecule has 0 aliphatic rings. The van der Waals surface area contributed by atoms with E-state index in [4.69, 9.17) is 0 Å². The molecule has 0 bridgehead atoms. The summed E-state index contributed by atoms with van der Waals surface area (Å²) in [6.45, 7) is 0. The average Bonchev–Trinajstić information content (AvgIpc) is 1.93. The van der Waals surface area contributed by atoms with E-state index in [1.165, 1.54) is 0 Å². The molecule has 0 atom stereocenters. The quantitative estimate of drug-likeness (QED) is 0.591. The summed E-state index contributed by atoms with van der Waals surface area (Å²) in [5.74, 6) is -2.32. The Labute approximate surface area is 81.5 Å². The lowest BCUT2D eigenvalue weighted by atomic mass is 10.4. The highest BCUT2D eigenvalue weighted by atomic mass is 127. The molecule has 1 rings (SSSR count). The van der Waals surface area contributed by atoms with Gasteiger partial charge < -0.3 is 0 Å². The molecular weight excluding hydrogens is 281 g/mol. The van der Waals surface area contributed by atoms with Crippen LogP contribution in [-0.4, -0.2) is 5.76 Å². The van der Waals surface area contributed by atoms with Crippen molar-refractivity contribution in [3.05, 3.63) is 27.8 Å². The van der Waals surface area contributed by atoms with E-state index in [9.17, 15) is 8.78 Å². The molecule has 1 aromatic rings. The second kappa shape index (κ2) is 4.25. The number of rotatable bonds is 2. The van der Waals surface area contributed by atoms with Gasteiger partial charge in [-0.25, -0.2) is 0 Å². The van der Waals surface area contributed by atoms with Crippen LogP contribution < -0.4 is 0 Å². The lowest BCUT2D eigenvalue weighted by Gasteiger charge is -1.98. The lowest BCUT2D eigenvalue weighted by Crippen LogP contribution is -1.80. The molecule has 0 heterocycles. The van der Waals surface area contributed by atoms with Gasteiger partial charge in [-0.05, 0) is 46.9 Å².